The third-order valence-electron chi connectivity index (χ3n) is 14.9. The Bertz CT molecular complexity index is 2510. The Balaban J connectivity index is 0.918. The third kappa shape index (κ3) is 8.49. The molecule has 2 aromatic carbocycles. The maximum absolute atomic E-state index is 14.0. The minimum absolute atomic E-state index is 0.00623. The number of nitro benzene ring substituents is 1. The van der Waals surface area contributed by atoms with E-state index in [-0.39, 0.29) is 27.8 Å². The maximum Gasteiger partial charge on any atom is 0.273 e. The SMILES string of the molecule is CN(C)C1CCC(Cc2ccc(S(=O)(=O)NC(=O)c3ccc(N4CCN(CC5=C(C67CC(C)(C6)C7)CC(C)(C)CC5)CC4)cc3Oc3cnc4[nH]ccc4c3)cc2[N+](=O)[O-])CC1. The zero-order chi connectivity index (χ0) is 43.6. The first-order valence-electron chi connectivity index (χ1n) is 22.4. The van der Waals surface area contributed by atoms with Crippen molar-refractivity contribution in [2.24, 2.45) is 22.2 Å². The molecule has 62 heavy (non-hydrogen) atoms. The van der Waals surface area contributed by atoms with E-state index in [1.807, 2.05) is 12.1 Å². The van der Waals surface area contributed by atoms with Crippen LogP contribution in [0.1, 0.15) is 101 Å². The number of H-pyrrole nitrogens is 1. The van der Waals surface area contributed by atoms with Crippen LogP contribution in [-0.4, -0.2) is 91.9 Å². The number of ether oxygens (including phenoxy) is 1. The van der Waals surface area contributed by atoms with Gasteiger partial charge in [-0.1, -0.05) is 38.0 Å². The summed E-state index contributed by atoms with van der Waals surface area (Å²) in [4.78, 5) is 40.0. The summed E-state index contributed by atoms with van der Waals surface area (Å²) >= 11 is 0. The summed E-state index contributed by atoms with van der Waals surface area (Å²) in [5, 5.41) is 13.1. The molecule has 1 amide bonds. The Morgan fingerprint density at radius 2 is 1.74 bits per heavy atom. The lowest BCUT2D eigenvalue weighted by atomic mass is 9.33. The number of anilines is 1. The summed E-state index contributed by atoms with van der Waals surface area (Å²) in [6.07, 6.45) is 15.5. The first-order valence-corrected chi connectivity index (χ1v) is 23.9. The molecule has 5 fully saturated rings. The molecule has 1 aliphatic heterocycles. The molecule has 4 saturated carbocycles. The standard InChI is InChI=1S/C48H61N7O6S/c1-46(2)16-14-35(41(26-46)48-29-47(3,30-48)31-48)28-53-18-20-54(21-19-53)37-11-13-40(43(24-37)61-38-23-34-15-17-49-44(34)50-27-38)45(56)51-62(59,60)39-12-8-33(42(25-39)55(57)58)22-32-6-9-36(10-7-32)52(4)5/h8,11-13,15,17,23-25,27,32,36H,6-7,9-10,14,16,18-22,26,28-31H2,1-5H3,(H,49,50)(H,51,56). The number of piperazine rings is 1. The van der Waals surface area contributed by atoms with Crippen molar-refractivity contribution in [2.75, 3.05) is 51.7 Å². The van der Waals surface area contributed by atoms with Gasteiger partial charge in [0.2, 0.25) is 0 Å². The zero-order valence-corrected chi connectivity index (χ0v) is 37.7. The topological polar surface area (TPSA) is 154 Å². The molecule has 0 spiro atoms. The van der Waals surface area contributed by atoms with Crippen LogP contribution in [0, 0.1) is 32.3 Å². The molecule has 5 aliphatic carbocycles. The number of nitrogens with zero attached hydrogens (tertiary/aromatic N) is 5. The van der Waals surface area contributed by atoms with E-state index in [0.717, 1.165) is 75.5 Å². The molecule has 2 N–H and O–H groups in total. The highest BCUT2D eigenvalue weighted by atomic mass is 32.2. The van der Waals surface area contributed by atoms with Crippen molar-refractivity contribution in [1.29, 1.82) is 0 Å². The van der Waals surface area contributed by atoms with Gasteiger partial charge in [0.15, 0.2) is 0 Å². The van der Waals surface area contributed by atoms with Gasteiger partial charge in [-0.05, 0) is 137 Å². The van der Waals surface area contributed by atoms with Crippen molar-refractivity contribution >= 4 is 38.3 Å². The fraction of sp³-hybridized carbons (Fsp3) is 0.542. The van der Waals surface area contributed by atoms with E-state index in [4.69, 9.17) is 4.74 Å². The number of carbonyl (C=O) groups is 1. The molecule has 6 aliphatic rings. The molecule has 3 heterocycles. The summed E-state index contributed by atoms with van der Waals surface area (Å²) in [5.41, 5.74) is 6.62. The number of amides is 1. The highest BCUT2D eigenvalue weighted by Gasteiger charge is 2.66. The Kier molecular flexibility index (Phi) is 11.0. The fourth-order valence-corrected chi connectivity index (χ4v) is 12.7. The number of hydrogen-bond acceptors (Lipinski definition) is 10. The van der Waals surface area contributed by atoms with E-state index in [1.54, 1.807) is 41.7 Å². The minimum Gasteiger partial charge on any atom is -0.455 e. The second-order valence-electron chi connectivity index (χ2n) is 20.5. The number of pyridine rings is 1. The Morgan fingerprint density at radius 3 is 2.44 bits per heavy atom. The van der Waals surface area contributed by atoms with Gasteiger partial charge in [-0.3, -0.25) is 19.8 Å². The molecule has 4 aromatic rings. The predicted octanol–water partition coefficient (Wildman–Crippen LogP) is 8.86. The zero-order valence-electron chi connectivity index (χ0n) is 36.8. The molecular formula is C48H61N7O6S. The Morgan fingerprint density at radius 1 is 1.00 bits per heavy atom. The molecule has 0 unspecified atom stereocenters. The summed E-state index contributed by atoms with van der Waals surface area (Å²) < 4.78 is 36.1. The van der Waals surface area contributed by atoms with Crippen LogP contribution in [0.2, 0.25) is 0 Å². The number of aromatic amines is 1. The molecule has 0 radical (unpaired) electrons. The second-order valence-corrected chi connectivity index (χ2v) is 22.2. The maximum atomic E-state index is 14.0. The van der Waals surface area contributed by atoms with Crippen LogP contribution in [-0.2, 0) is 16.4 Å². The lowest BCUT2D eigenvalue weighted by Crippen LogP contribution is -2.61. The van der Waals surface area contributed by atoms with Crippen LogP contribution in [0.5, 0.6) is 11.5 Å². The van der Waals surface area contributed by atoms with Crippen molar-refractivity contribution in [3.05, 3.63) is 93.3 Å². The quantitative estimate of drug-likeness (QED) is 0.0757. The van der Waals surface area contributed by atoms with Crippen molar-refractivity contribution in [3.8, 4) is 11.5 Å². The van der Waals surface area contributed by atoms with Gasteiger partial charge in [-0.25, -0.2) is 18.1 Å². The van der Waals surface area contributed by atoms with Gasteiger partial charge < -0.3 is 19.5 Å². The van der Waals surface area contributed by atoms with Crippen molar-refractivity contribution < 1.29 is 22.9 Å². The number of allylic oxidation sites excluding steroid dienone is 1. The monoisotopic (exact) mass is 863 g/mol. The van der Waals surface area contributed by atoms with Crippen molar-refractivity contribution in [2.45, 2.75) is 102 Å². The van der Waals surface area contributed by atoms with Gasteiger partial charge >= 0.3 is 0 Å². The van der Waals surface area contributed by atoms with Crippen LogP contribution in [0.15, 0.2) is 77.0 Å². The predicted molar refractivity (Wildman–Crippen MR) is 241 cm³/mol. The van der Waals surface area contributed by atoms with E-state index in [1.165, 1.54) is 50.7 Å². The van der Waals surface area contributed by atoms with Crippen molar-refractivity contribution in [1.82, 2.24) is 24.5 Å². The first-order chi connectivity index (χ1) is 29.5. The summed E-state index contributed by atoms with van der Waals surface area (Å²) in [5.74, 6) is -0.0772. The molecular weight excluding hydrogens is 803 g/mol. The molecule has 1 saturated heterocycles. The van der Waals surface area contributed by atoms with Crippen LogP contribution in [0.4, 0.5) is 11.4 Å². The molecule has 10 rings (SSSR count). The largest absolute Gasteiger partial charge is 0.455 e. The summed E-state index contributed by atoms with van der Waals surface area (Å²) in [7, 11) is -0.367. The van der Waals surface area contributed by atoms with E-state index in [0.29, 0.717) is 45.7 Å². The molecule has 2 aromatic heterocycles. The molecule has 13 nitrogen and oxygen atoms in total. The lowest BCUT2D eigenvalue weighted by Gasteiger charge is -2.72. The van der Waals surface area contributed by atoms with E-state index in [9.17, 15) is 23.3 Å². The lowest BCUT2D eigenvalue weighted by molar-refractivity contribution is -0.385. The van der Waals surface area contributed by atoms with Gasteiger partial charge in [0.05, 0.1) is 21.6 Å². The summed E-state index contributed by atoms with van der Waals surface area (Å²) in [6.45, 7) is 11.7. The van der Waals surface area contributed by atoms with E-state index >= 15 is 0 Å². The van der Waals surface area contributed by atoms with Crippen LogP contribution in [0.25, 0.3) is 11.0 Å². The number of hydrogen-bond donors (Lipinski definition) is 2. The highest BCUT2D eigenvalue weighted by Crippen LogP contribution is 2.77. The number of aromatic nitrogens is 2. The molecule has 0 atom stereocenters. The number of carbonyl (C=O) groups excluding carboxylic acids is 1. The number of sulfonamides is 1. The van der Waals surface area contributed by atoms with E-state index in [2.05, 4.69) is 64.3 Å². The van der Waals surface area contributed by atoms with Gasteiger partial charge in [0, 0.05) is 73.7 Å². The number of fused-ring (bicyclic) bond motifs is 1. The number of benzene rings is 2. The number of rotatable bonds is 13. The number of nitro groups is 1. The molecule has 14 heteroatoms. The van der Waals surface area contributed by atoms with Crippen LogP contribution < -0.4 is 14.4 Å². The van der Waals surface area contributed by atoms with Gasteiger partial charge in [0.25, 0.3) is 21.6 Å². The van der Waals surface area contributed by atoms with E-state index < -0.39 is 20.9 Å². The average Bonchev–Trinajstić information content (AvgIpc) is 3.68. The Labute approximate surface area is 365 Å². The number of nitrogens with one attached hydrogen (secondary N) is 2. The third-order valence-corrected chi connectivity index (χ3v) is 16.3. The van der Waals surface area contributed by atoms with Gasteiger partial charge in [-0.2, -0.15) is 0 Å². The fourth-order valence-electron chi connectivity index (χ4n) is 11.7. The van der Waals surface area contributed by atoms with Gasteiger partial charge in [0.1, 0.15) is 17.1 Å². The smallest absolute Gasteiger partial charge is 0.273 e. The minimum atomic E-state index is -4.51. The molecule has 2 bridgehead atoms. The van der Waals surface area contributed by atoms with Crippen LogP contribution in [0.3, 0.4) is 0 Å². The normalized spacial score (nSPS) is 26.3. The van der Waals surface area contributed by atoms with Crippen molar-refractivity contribution in [3.63, 3.8) is 0 Å². The second kappa shape index (κ2) is 16.1. The van der Waals surface area contributed by atoms with Gasteiger partial charge in [-0.15, -0.1) is 0 Å². The highest BCUT2D eigenvalue weighted by molar-refractivity contribution is 7.90. The Hall–Kier alpha value is -4.79. The average molecular weight is 864 g/mol. The summed E-state index contributed by atoms with van der Waals surface area (Å²) in [6, 6.07) is 13.3. The first kappa shape index (κ1) is 42.5. The molecule has 330 valence electrons. The van der Waals surface area contributed by atoms with Crippen LogP contribution >= 0.6 is 0 Å².